The minimum atomic E-state index is 0.0877. The second kappa shape index (κ2) is 9.95. The third kappa shape index (κ3) is 4.56. The maximum absolute atomic E-state index is 13.2. The minimum Gasteiger partial charge on any atom is -0.376 e. The topological polar surface area (TPSA) is 74.8 Å². The lowest BCUT2D eigenvalue weighted by molar-refractivity contribution is 0.0957. The summed E-state index contributed by atoms with van der Waals surface area (Å²) in [6.45, 7) is 5.71. The molecule has 7 nitrogen and oxygen atoms in total. The first-order valence-electron chi connectivity index (χ1n) is 11.5. The van der Waals surface area contributed by atoms with Crippen molar-refractivity contribution in [2.45, 2.75) is 44.5 Å². The number of benzene rings is 1. The summed E-state index contributed by atoms with van der Waals surface area (Å²) in [4.78, 5) is 17.3. The van der Waals surface area contributed by atoms with Crippen LogP contribution in [-0.2, 0) is 11.3 Å². The van der Waals surface area contributed by atoms with Crippen LogP contribution in [0.5, 0.6) is 0 Å². The first-order chi connectivity index (χ1) is 16.6. The molecule has 1 saturated heterocycles. The largest absolute Gasteiger partial charge is 0.376 e. The summed E-state index contributed by atoms with van der Waals surface area (Å²) < 4.78 is 10.0. The van der Waals surface area contributed by atoms with Crippen LogP contribution >= 0.6 is 11.8 Å². The van der Waals surface area contributed by atoms with Crippen molar-refractivity contribution in [3.05, 3.63) is 77.9 Å². The highest BCUT2D eigenvalue weighted by Crippen LogP contribution is 2.29. The van der Waals surface area contributed by atoms with E-state index in [1.165, 1.54) is 11.8 Å². The smallest absolute Gasteiger partial charge is 0.196 e. The van der Waals surface area contributed by atoms with Crippen molar-refractivity contribution in [1.29, 1.82) is 0 Å². The van der Waals surface area contributed by atoms with Gasteiger partial charge >= 0.3 is 0 Å². The Kier molecular flexibility index (Phi) is 6.60. The van der Waals surface area contributed by atoms with E-state index in [-0.39, 0.29) is 17.6 Å². The molecule has 0 saturated carbocycles. The average molecular weight is 474 g/mol. The van der Waals surface area contributed by atoms with E-state index in [0.29, 0.717) is 5.16 Å². The van der Waals surface area contributed by atoms with Crippen LogP contribution in [0.2, 0.25) is 0 Å². The highest BCUT2D eigenvalue weighted by atomic mass is 32.2. The Hall–Kier alpha value is -3.23. The highest BCUT2D eigenvalue weighted by molar-refractivity contribution is 7.99. The number of hydrogen-bond acceptors (Lipinski definition) is 6. The van der Waals surface area contributed by atoms with E-state index in [1.807, 2.05) is 60.0 Å². The molecule has 1 fully saturated rings. The summed E-state index contributed by atoms with van der Waals surface area (Å²) in [7, 11) is 0. The fourth-order valence-corrected chi connectivity index (χ4v) is 5.26. The fourth-order valence-electron chi connectivity index (χ4n) is 4.43. The molecule has 1 aromatic carbocycles. The third-order valence-corrected chi connectivity index (χ3v) is 7.13. The van der Waals surface area contributed by atoms with Crippen LogP contribution in [0.15, 0.2) is 66.1 Å². The van der Waals surface area contributed by atoms with E-state index in [9.17, 15) is 4.79 Å². The van der Waals surface area contributed by atoms with Crippen LogP contribution in [0.4, 0.5) is 0 Å². The Morgan fingerprint density at radius 3 is 2.65 bits per heavy atom. The molecule has 0 aliphatic carbocycles. The monoisotopic (exact) mass is 473 g/mol. The standard InChI is InChI=1S/C26H27N5O2S/c1-18-15-23(19(2)30(18)16-22-9-6-14-33-22)24(32)17-34-26-29-28-25(20-10-12-27-13-11-20)31(26)21-7-4-3-5-8-21/h3-5,7-8,10-13,15,22H,6,9,14,16-17H2,1-2H3. The molecule has 4 heterocycles. The van der Waals surface area contributed by atoms with Gasteiger partial charge in [0.15, 0.2) is 16.8 Å². The lowest BCUT2D eigenvalue weighted by Crippen LogP contribution is -2.17. The van der Waals surface area contributed by atoms with E-state index in [2.05, 4.69) is 26.7 Å². The summed E-state index contributed by atoms with van der Waals surface area (Å²) in [5.74, 6) is 1.09. The predicted molar refractivity (Wildman–Crippen MR) is 133 cm³/mol. The van der Waals surface area contributed by atoms with Gasteiger partial charge in [0, 0.05) is 53.7 Å². The quantitative estimate of drug-likeness (QED) is 0.268. The maximum atomic E-state index is 13.2. The third-order valence-electron chi connectivity index (χ3n) is 6.20. The molecule has 5 rings (SSSR count). The first-order valence-corrected chi connectivity index (χ1v) is 12.5. The number of nitrogens with zero attached hydrogens (tertiary/aromatic N) is 5. The summed E-state index contributed by atoms with van der Waals surface area (Å²) >= 11 is 1.41. The summed E-state index contributed by atoms with van der Waals surface area (Å²) in [5, 5.41) is 9.55. The lowest BCUT2D eigenvalue weighted by Gasteiger charge is -2.14. The summed E-state index contributed by atoms with van der Waals surface area (Å²) in [5.41, 5.74) is 4.73. The van der Waals surface area contributed by atoms with E-state index in [4.69, 9.17) is 4.74 Å². The van der Waals surface area contributed by atoms with Crippen molar-refractivity contribution in [2.75, 3.05) is 12.4 Å². The molecule has 8 heteroatoms. The van der Waals surface area contributed by atoms with Gasteiger partial charge in [0.25, 0.3) is 0 Å². The Morgan fingerprint density at radius 2 is 1.91 bits per heavy atom. The van der Waals surface area contributed by atoms with Gasteiger partial charge in [0.05, 0.1) is 11.9 Å². The molecule has 0 N–H and O–H groups in total. The Balaban J connectivity index is 1.38. The number of thioether (sulfide) groups is 1. The van der Waals surface area contributed by atoms with Crippen molar-refractivity contribution in [3.8, 4) is 17.1 Å². The van der Waals surface area contributed by atoms with Crippen molar-refractivity contribution < 1.29 is 9.53 Å². The average Bonchev–Trinajstić information content (AvgIpc) is 3.60. The molecule has 1 atom stereocenters. The highest BCUT2D eigenvalue weighted by Gasteiger charge is 2.22. The zero-order valence-electron chi connectivity index (χ0n) is 19.3. The Bertz CT molecular complexity index is 1280. The Morgan fingerprint density at radius 1 is 1.12 bits per heavy atom. The second-order valence-corrected chi connectivity index (χ2v) is 9.40. The predicted octanol–water partition coefficient (Wildman–Crippen LogP) is 4.90. The number of carbonyl (C=O) groups is 1. The lowest BCUT2D eigenvalue weighted by atomic mass is 10.2. The molecule has 1 unspecified atom stereocenters. The number of pyridine rings is 1. The van der Waals surface area contributed by atoms with Gasteiger partial charge in [0.2, 0.25) is 0 Å². The molecule has 0 spiro atoms. The number of ketones is 1. The zero-order valence-corrected chi connectivity index (χ0v) is 20.2. The number of para-hydroxylation sites is 1. The van der Waals surface area contributed by atoms with Crippen LogP contribution < -0.4 is 0 Å². The maximum Gasteiger partial charge on any atom is 0.196 e. The van der Waals surface area contributed by atoms with Gasteiger partial charge in [-0.25, -0.2) is 0 Å². The van der Waals surface area contributed by atoms with Crippen molar-refractivity contribution in [2.24, 2.45) is 0 Å². The Labute approximate surface area is 203 Å². The van der Waals surface area contributed by atoms with Gasteiger partial charge in [-0.2, -0.15) is 0 Å². The molecule has 174 valence electrons. The molecular formula is C26H27N5O2S. The number of ether oxygens (including phenoxy) is 1. The summed E-state index contributed by atoms with van der Waals surface area (Å²) in [6, 6.07) is 15.8. The number of aromatic nitrogens is 5. The molecule has 3 aromatic heterocycles. The second-order valence-electron chi connectivity index (χ2n) is 8.46. The van der Waals surface area contributed by atoms with Gasteiger partial charge in [-0.3, -0.25) is 14.3 Å². The molecule has 0 bridgehead atoms. The van der Waals surface area contributed by atoms with E-state index < -0.39 is 0 Å². The van der Waals surface area contributed by atoms with E-state index in [1.54, 1.807) is 12.4 Å². The van der Waals surface area contributed by atoms with E-state index in [0.717, 1.165) is 60.0 Å². The number of aryl methyl sites for hydroxylation is 1. The van der Waals surface area contributed by atoms with Crippen LogP contribution in [-0.4, -0.2) is 48.6 Å². The normalized spacial score (nSPS) is 15.6. The SMILES string of the molecule is Cc1cc(C(=O)CSc2nnc(-c3ccncc3)n2-c2ccccc2)c(C)n1CC1CCCO1. The zero-order chi connectivity index (χ0) is 23.5. The number of Topliss-reactive ketones (excluding diaryl/α,β-unsaturated/α-hetero) is 1. The first kappa shape index (κ1) is 22.6. The van der Waals surface area contributed by atoms with Gasteiger partial charge < -0.3 is 9.30 Å². The number of rotatable bonds is 8. The van der Waals surface area contributed by atoms with E-state index >= 15 is 0 Å². The van der Waals surface area contributed by atoms with Crippen molar-refractivity contribution >= 4 is 17.5 Å². The molecule has 1 aliphatic heterocycles. The van der Waals surface area contributed by atoms with Crippen molar-refractivity contribution in [1.82, 2.24) is 24.3 Å². The van der Waals surface area contributed by atoms with Crippen LogP contribution in [0.25, 0.3) is 17.1 Å². The van der Waals surface area contributed by atoms with Crippen LogP contribution in [0.1, 0.15) is 34.6 Å². The fraction of sp³-hybridized carbons (Fsp3) is 0.308. The van der Waals surface area contributed by atoms with Gasteiger partial charge in [-0.1, -0.05) is 30.0 Å². The molecule has 0 radical (unpaired) electrons. The summed E-state index contributed by atoms with van der Waals surface area (Å²) in [6.07, 6.45) is 5.89. The van der Waals surface area contributed by atoms with Gasteiger partial charge in [0.1, 0.15) is 0 Å². The molecule has 1 aliphatic rings. The minimum absolute atomic E-state index is 0.0877. The molecular weight excluding hydrogens is 446 g/mol. The molecule has 4 aromatic rings. The number of carbonyl (C=O) groups excluding carboxylic acids is 1. The number of hydrogen-bond donors (Lipinski definition) is 0. The van der Waals surface area contributed by atoms with Crippen LogP contribution in [0.3, 0.4) is 0 Å². The van der Waals surface area contributed by atoms with Gasteiger partial charge in [-0.05, 0) is 57.0 Å². The molecule has 34 heavy (non-hydrogen) atoms. The van der Waals surface area contributed by atoms with Gasteiger partial charge in [-0.15, -0.1) is 10.2 Å². The molecule has 0 amide bonds. The van der Waals surface area contributed by atoms with Crippen molar-refractivity contribution in [3.63, 3.8) is 0 Å². The van der Waals surface area contributed by atoms with Crippen LogP contribution in [0, 0.1) is 13.8 Å².